The van der Waals surface area contributed by atoms with E-state index in [1.165, 1.54) is 27.4 Å². The van der Waals surface area contributed by atoms with Crippen molar-refractivity contribution in [1.82, 2.24) is 4.90 Å². The second kappa shape index (κ2) is 8.68. The van der Waals surface area contributed by atoms with Gasteiger partial charge in [0.1, 0.15) is 4.90 Å². The number of hydrogen-bond acceptors (Lipinski definition) is 3. The molecule has 0 unspecified atom stereocenters. The Balaban J connectivity index is 2.12. The monoisotopic (exact) mass is 428 g/mol. The Bertz CT molecular complexity index is 1100. The van der Waals surface area contributed by atoms with Gasteiger partial charge in [-0.25, -0.2) is 8.42 Å². The van der Waals surface area contributed by atoms with Gasteiger partial charge in [0.05, 0.1) is 17.3 Å². The predicted molar refractivity (Wildman–Crippen MR) is 116 cm³/mol. The van der Waals surface area contributed by atoms with Gasteiger partial charge < -0.3 is 4.90 Å². The molecule has 3 aromatic carbocycles. The van der Waals surface area contributed by atoms with Crippen molar-refractivity contribution < 1.29 is 13.2 Å². The van der Waals surface area contributed by atoms with Crippen LogP contribution in [-0.4, -0.2) is 33.3 Å². The Labute approximate surface area is 176 Å². The van der Waals surface area contributed by atoms with Crippen molar-refractivity contribution in [3.63, 3.8) is 0 Å². The van der Waals surface area contributed by atoms with Crippen molar-refractivity contribution in [3.05, 3.63) is 95.0 Å². The van der Waals surface area contributed by atoms with Crippen molar-refractivity contribution >= 4 is 33.2 Å². The average Bonchev–Trinajstić information content (AvgIpc) is 2.73. The highest BCUT2D eigenvalue weighted by Crippen LogP contribution is 2.31. The van der Waals surface area contributed by atoms with Gasteiger partial charge in [-0.1, -0.05) is 60.1 Å². The lowest BCUT2D eigenvalue weighted by molar-refractivity contribution is 0.0827. The Hall–Kier alpha value is -2.83. The van der Waals surface area contributed by atoms with Gasteiger partial charge in [-0.05, 0) is 35.9 Å². The van der Waals surface area contributed by atoms with E-state index < -0.39 is 10.0 Å². The summed E-state index contributed by atoms with van der Waals surface area (Å²) < 4.78 is 28.5. The number of nitrogens with zero attached hydrogens (tertiary/aromatic N) is 2. The van der Waals surface area contributed by atoms with Crippen molar-refractivity contribution in [3.8, 4) is 0 Å². The van der Waals surface area contributed by atoms with Crippen LogP contribution in [0.3, 0.4) is 0 Å². The van der Waals surface area contributed by atoms with Crippen molar-refractivity contribution in [2.45, 2.75) is 11.4 Å². The smallest absolute Gasteiger partial charge is 0.266 e. The van der Waals surface area contributed by atoms with Crippen LogP contribution >= 0.6 is 11.6 Å². The lowest BCUT2D eigenvalue weighted by Crippen LogP contribution is -2.31. The third-order valence-corrected chi connectivity index (χ3v) is 6.62. The summed E-state index contributed by atoms with van der Waals surface area (Å²) >= 11 is 6.27. The highest BCUT2D eigenvalue weighted by molar-refractivity contribution is 7.93. The third kappa shape index (κ3) is 4.60. The summed E-state index contributed by atoms with van der Waals surface area (Å²) in [4.78, 5) is 13.6. The van der Waals surface area contributed by atoms with Crippen LogP contribution in [0.1, 0.15) is 15.9 Å². The van der Waals surface area contributed by atoms with E-state index >= 15 is 0 Å². The lowest BCUT2D eigenvalue weighted by atomic mass is 10.2. The standard InChI is InChI=1S/C22H21ClN2O3S/c1-24(2)22(26)18-13-14-20(23)21(15-18)29(27,28)25(19-11-7-4-8-12-19)16-17-9-5-3-6-10-17/h3-15H,16H2,1-2H3. The van der Waals surface area contributed by atoms with Gasteiger partial charge in [0, 0.05) is 19.7 Å². The van der Waals surface area contributed by atoms with Gasteiger partial charge in [0.25, 0.3) is 15.9 Å². The highest BCUT2D eigenvalue weighted by atomic mass is 35.5. The second-order valence-corrected chi connectivity index (χ2v) is 8.92. The zero-order valence-electron chi connectivity index (χ0n) is 16.1. The zero-order valence-corrected chi connectivity index (χ0v) is 17.7. The molecule has 0 aliphatic heterocycles. The molecule has 0 radical (unpaired) electrons. The zero-order chi connectivity index (χ0) is 21.0. The number of benzene rings is 3. The molecule has 0 saturated heterocycles. The fourth-order valence-electron chi connectivity index (χ4n) is 2.87. The Kier molecular flexibility index (Phi) is 6.25. The summed E-state index contributed by atoms with van der Waals surface area (Å²) in [7, 11) is -0.818. The Morgan fingerprint density at radius 1 is 0.897 bits per heavy atom. The largest absolute Gasteiger partial charge is 0.345 e. The van der Waals surface area contributed by atoms with Crippen LogP contribution < -0.4 is 4.31 Å². The van der Waals surface area contributed by atoms with Crippen LogP contribution in [-0.2, 0) is 16.6 Å². The van der Waals surface area contributed by atoms with E-state index in [2.05, 4.69) is 0 Å². The molecule has 0 bridgehead atoms. The average molecular weight is 429 g/mol. The normalized spacial score (nSPS) is 11.1. The second-order valence-electron chi connectivity index (χ2n) is 6.68. The number of sulfonamides is 1. The molecule has 0 saturated carbocycles. The van der Waals surface area contributed by atoms with Crippen LogP contribution in [0.2, 0.25) is 5.02 Å². The molecule has 3 aromatic rings. The molecule has 0 N–H and O–H groups in total. The van der Waals surface area contributed by atoms with E-state index in [-0.39, 0.29) is 27.9 Å². The van der Waals surface area contributed by atoms with Crippen molar-refractivity contribution in [2.75, 3.05) is 18.4 Å². The predicted octanol–water partition coefficient (Wildman–Crippen LogP) is 4.44. The summed E-state index contributed by atoms with van der Waals surface area (Å²) in [6.45, 7) is 0.134. The van der Waals surface area contributed by atoms with Crippen LogP contribution in [0.4, 0.5) is 5.69 Å². The minimum Gasteiger partial charge on any atom is -0.345 e. The molecule has 29 heavy (non-hydrogen) atoms. The van der Waals surface area contributed by atoms with E-state index in [4.69, 9.17) is 11.6 Å². The van der Waals surface area contributed by atoms with E-state index in [1.54, 1.807) is 38.4 Å². The number of halogens is 1. The Morgan fingerprint density at radius 3 is 2.07 bits per heavy atom. The first kappa shape index (κ1) is 20.9. The van der Waals surface area contributed by atoms with Gasteiger partial charge in [0.15, 0.2) is 0 Å². The molecule has 0 atom stereocenters. The van der Waals surface area contributed by atoms with Gasteiger partial charge in [0.2, 0.25) is 0 Å². The number of carbonyl (C=O) groups excluding carboxylic acids is 1. The number of para-hydroxylation sites is 1. The summed E-state index contributed by atoms with van der Waals surface area (Å²) in [6, 6.07) is 22.4. The summed E-state index contributed by atoms with van der Waals surface area (Å²) in [6.07, 6.45) is 0. The van der Waals surface area contributed by atoms with E-state index in [0.29, 0.717) is 5.69 Å². The first-order valence-corrected chi connectivity index (χ1v) is 10.8. The first-order chi connectivity index (χ1) is 13.8. The number of amides is 1. The number of rotatable bonds is 6. The number of anilines is 1. The van der Waals surface area contributed by atoms with Crippen LogP contribution in [0.25, 0.3) is 0 Å². The minimum absolute atomic E-state index is 0.0642. The van der Waals surface area contributed by atoms with Gasteiger partial charge in [-0.2, -0.15) is 0 Å². The molecular formula is C22H21ClN2O3S. The maximum absolute atomic E-state index is 13.6. The molecule has 0 aliphatic rings. The number of carbonyl (C=O) groups is 1. The Morgan fingerprint density at radius 2 is 1.48 bits per heavy atom. The lowest BCUT2D eigenvalue weighted by Gasteiger charge is -2.25. The SMILES string of the molecule is CN(C)C(=O)c1ccc(Cl)c(S(=O)(=O)N(Cc2ccccc2)c2ccccc2)c1. The fourth-order valence-corrected chi connectivity index (χ4v) is 4.83. The molecule has 0 fully saturated rings. The van der Waals surface area contributed by atoms with E-state index in [0.717, 1.165) is 5.56 Å². The topological polar surface area (TPSA) is 57.7 Å². The van der Waals surface area contributed by atoms with Gasteiger partial charge in [-0.15, -0.1) is 0 Å². The molecule has 0 aromatic heterocycles. The quantitative estimate of drug-likeness (QED) is 0.583. The van der Waals surface area contributed by atoms with Crippen LogP contribution in [0.5, 0.6) is 0 Å². The number of hydrogen-bond donors (Lipinski definition) is 0. The fraction of sp³-hybridized carbons (Fsp3) is 0.136. The summed E-state index contributed by atoms with van der Waals surface area (Å²) in [5, 5.41) is 0.0642. The maximum atomic E-state index is 13.6. The first-order valence-electron chi connectivity index (χ1n) is 8.93. The molecule has 0 heterocycles. The molecule has 0 spiro atoms. The van der Waals surface area contributed by atoms with Crippen LogP contribution in [0.15, 0.2) is 83.8 Å². The molecule has 5 nitrogen and oxygen atoms in total. The molecule has 1 amide bonds. The molecule has 7 heteroatoms. The molecule has 150 valence electrons. The van der Waals surface area contributed by atoms with Crippen molar-refractivity contribution in [1.29, 1.82) is 0 Å². The maximum Gasteiger partial charge on any atom is 0.266 e. The summed E-state index contributed by atoms with van der Waals surface area (Å²) in [5.41, 5.74) is 1.60. The van der Waals surface area contributed by atoms with Gasteiger partial charge in [-0.3, -0.25) is 9.10 Å². The van der Waals surface area contributed by atoms with E-state index in [9.17, 15) is 13.2 Å². The molecular weight excluding hydrogens is 408 g/mol. The van der Waals surface area contributed by atoms with E-state index in [1.807, 2.05) is 36.4 Å². The third-order valence-electron chi connectivity index (χ3n) is 4.37. The van der Waals surface area contributed by atoms with Crippen LogP contribution in [0, 0.1) is 0 Å². The molecule has 3 rings (SSSR count). The van der Waals surface area contributed by atoms with Crippen molar-refractivity contribution in [2.24, 2.45) is 0 Å². The molecule has 0 aliphatic carbocycles. The van der Waals surface area contributed by atoms with Gasteiger partial charge >= 0.3 is 0 Å². The minimum atomic E-state index is -4.03. The summed E-state index contributed by atoms with van der Waals surface area (Å²) in [5.74, 6) is -0.299. The highest BCUT2D eigenvalue weighted by Gasteiger charge is 2.28.